The van der Waals surface area contributed by atoms with E-state index < -0.39 is 0 Å². The molecule has 4 rings (SSSR count). The fourth-order valence-electron chi connectivity index (χ4n) is 4.58. The number of unbranched alkanes of at least 4 members (excludes halogenated alkanes) is 1. The minimum atomic E-state index is -0.369. The van der Waals surface area contributed by atoms with E-state index in [0.29, 0.717) is 55.0 Å². The number of halogens is 2. The van der Waals surface area contributed by atoms with Crippen LogP contribution in [0.2, 0.25) is 0 Å². The van der Waals surface area contributed by atoms with Gasteiger partial charge >= 0.3 is 0 Å². The van der Waals surface area contributed by atoms with Crippen LogP contribution < -0.4 is 10.9 Å². The van der Waals surface area contributed by atoms with Crippen LogP contribution in [0.5, 0.6) is 0 Å². The molecular formula is C28H28F2N4O2. The van der Waals surface area contributed by atoms with Gasteiger partial charge in [-0.25, -0.2) is 8.78 Å². The maximum absolute atomic E-state index is 13.6. The molecule has 1 N–H and O–H groups in total. The van der Waals surface area contributed by atoms with Gasteiger partial charge in [0.15, 0.2) is 0 Å². The highest BCUT2D eigenvalue weighted by Gasteiger charge is 2.27. The molecule has 1 amide bonds. The van der Waals surface area contributed by atoms with Crippen molar-refractivity contribution in [2.75, 3.05) is 18.4 Å². The van der Waals surface area contributed by atoms with E-state index in [1.165, 1.54) is 34.9 Å². The van der Waals surface area contributed by atoms with Crippen molar-refractivity contribution in [3.63, 3.8) is 0 Å². The number of piperidine rings is 1. The van der Waals surface area contributed by atoms with Crippen LogP contribution in [-0.4, -0.2) is 28.5 Å². The summed E-state index contributed by atoms with van der Waals surface area (Å²) < 4.78 is 28.3. The van der Waals surface area contributed by atoms with E-state index in [2.05, 4.69) is 11.4 Å². The van der Waals surface area contributed by atoms with Gasteiger partial charge in [-0.3, -0.25) is 9.59 Å². The quantitative estimate of drug-likeness (QED) is 0.444. The number of nitrogens with one attached hydrogen (secondary N) is 1. The predicted octanol–water partition coefficient (Wildman–Crippen LogP) is 5.50. The van der Waals surface area contributed by atoms with Crippen molar-refractivity contribution in [3.8, 4) is 6.07 Å². The van der Waals surface area contributed by atoms with E-state index in [9.17, 15) is 18.4 Å². The Kier molecular flexibility index (Phi) is 7.79. The van der Waals surface area contributed by atoms with Crippen molar-refractivity contribution in [1.29, 1.82) is 5.26 Å². The zero-order chi connectivity index (χ0) is 25.7. The summed E-state index contributed by atoms with van der Waals surface area (Å²) in [4.78, 5) is 28.2. The number of hydrogen-bond acceptors (Lipinski definition) is 4. The first-order valence-corrected chi connectivity index (χ1v) is 12.0. The highest BCUT2D eigenvalue weighted by atomic mass is 19.1. The first-order valence-electron chi connectivity index (χ1n) is 12.0. The van der Waals surface area contributed by atoms with Gasteiger partial charge in [-0.15, -0.1) is 0 Å². The van der Waals surface area contributed by atoms with Crippen molar-refractivity contribution >= 4 is 17.3 Å². The minimum absolute atomic E-state index is 0.205. The summed E-state index contributed by atoms with van der Waals surface area (Å²) in [6.45, 7) is 3.14. The van der Waals surface area contributed by atoms with E-state index in [1.54, 1.807) is 36.2 Å². The van der Waals surface area contributed by atoms with Gasteiger partial charge in [0, 0.05) is 44.0 Å². The SMILES string of the molecule is Cc1cc(F)ccc1Nc1cc(=O)n(CCCC#N)cc1C(=O)N1CCC(c2ccc(F)cc2)CC1. The number of carbonyl (C=O) groups is 1. The number of amides is 1. The van der Waals surface area contributed by atoms with Crippen LogP contribution in [0.15, 0.2) is 59.5 Å². The molecule has 2 heterocycles. The average Bonchev–Trinajstić information content (AvgIpc) is 2.87. The molecule has 3 aromatic rings. The Labute approximate surface area is 208 Å². The van der Waals surface area contributed by atoms with Crippen molar-refractivity contribution in [2.45, 2.75) is 45.1 Å². The van der Waals surface area contributed by atoms with Gasteiger partial charge in [-0.2, -0.15) is 5.26 Å². The van der Waals surface area contributed by atoms with Crippen molar-refractivity contribution in [1.82, 2.24) is 9.47 Å². The lowest BCUT2D eigenvalue weighted by molar-refractivity contribution is 0.0713. The molecule has 8 heteroatoms. The monoisotopic (exact) mass is 490 g/mol. The number of aryl methyl sites for hydroxylation is 2. The summed E-state index contributed by atoms with van der Waals surface area (Å²) in [5.74, 6) is -0.600. The third-order valence-electron chi connectivity index (χ3n) is 6.63. The molecule has 0 spiro atoms. The Bertz CT molecular complexity index is 1340. The fourth-order valence-corrected chi connectivity index (χ4v) is 4.58. The molecule has 1 fully saturated rings. The van der Waals surface area contributed by atoms with Gasteiger partial charge in [0.1, 0.15) is 11.6 Å². The van der Waals surface area contributed by atoms with Gasteiger partial charge in [-0.1, -0.05) is 12.1 Å². The molecule has 1 aromatic heterocycles. The number of anilines is 2. The smallest absolute Gasteiger partial charge is 0.257 e. The summed E-state index contributed by atoms with van der Waals surface area (Å²) in [6, 6.07) is 14.2. The van der Waals surface area contributed by atoms with Gasteiger partial charge in [0.05, 0.1) is 17.3 Å². The highest BCUT2D eigenvalue weighted by molar-refractivity contribution is 6.00. The van der Waals surface area contributed by atoms with Gasteiger partial charge < -0.3 is 14.8 Å². The highest BCUT2D eigenvalue weighted by Crippen LogP contribution is 2.30. The van der Waals surface area contributed by atoms with Crippen molar-refractivity contribution < 1.29 is 13.6 Å². The van der Waals surface area contributed by atoms with E-state index in [1.807, 2.05) is 0 Å². The van der Waals surface area contributed by atoms with Crippen molar-refractivity contribution in [2.24, 2.45) is 0 Å². The average molecular weight is 491 g/mol. The van der Waals surface area contributed by atoms with Crippen LogP contribution in [0.1, 0.15) is 53.1 Å². The summed E-state index contributed by atoms with van der Waals surface area (Å²) in [5, 5.41) is 12.0. The third kappa shape index (κ3) is 5.80. The lowest BCUT2D eigenvalue weighted by atomic mass is 9.89. The molecule has 1 aliphatic heterocycles. The molecule has 36 heavy (non-hydrogen) atoms. The second-order valence-electron chi connectivity index (χ2n) is 9.10. The molecule has 1 aliphatic rings. The Balaban J connectivity index is 1.59. The predicted molar refractivity (Wildman–Crippen MR) is 134 cm³/mol. The summed E-state index contributed by atoms with van der Waals surface area (Å²) >= 11 is 0. The zero-order valence-electron chi connectivity index (χ0n) is 20.1. The number of nitrogens with zero attached hydrogens (tertiary/aromatic N) is 3. The van der Waals surface area contributed by atoms with Gasteiger partial charge in [0.25, 0.3) is 11.5 Å². The molecule has 0 radical (unpaired) electrons. The first kappa shape index (κ1) is 25.1. The molecule has 1 saturated heterocycles. The number of carbonyl (C=O) groups excluding carboxylic acids is 1. The van der Waals surface area contributed by atoms with Crippen LogP contribution in [0, 0.1) is 29.9 Å². The number of benzene rings is 2. The molecular weight excluding hydrogens is 462 g/mol. The Morgan fingerprint density at radius 2 is 1.75 bits per heavy atom. The topological polar surface area (TPSA) is 78.1 Å². The molecule has 0 aliphatic carbocycles. The molecule has 0 atom stereocenters. The normalized spacial score (nSPS) is 13.9. The van der Waals surface area contributed by atoms with Crippen LogP contribution in [0.25, 0.3) is 0 Å². The maximum Gasteiger partial charge on any atom is 0.257 e. The Hall–Kier alpha value is -3.99. The minimum Gasteiger partial charge on any atom is -0.354 e. The third-order valence-corrected chi connectivity index (χ3v) is 6.63. The number of likely N-dealkylation sites (tertiary alicyclic amines) is 1. The van der Waals surface area contributed by atoms with Crippen LogP contribution in [-0.2, 0) is 6.54 Å². The lowest BCUT2D eigenvalue weighted by Gasteiger charge is -2.33. The largest absolute Gasteiger partial charge is 0.354 e. The van der Waals surface area contributed by atoms with E-state index in [4.69, 9.17) is 5.26 Å². The molecule has 0 saturated carbocycles. The van der Waals surface area contributed by atoms with Crippen LogP contribution >= 0.6 is 0 Å². The summed E-state index contributed by atoms with van der Waals surface area (Å²) in [6.07, 6.45) is 3.85. The molecule has 6 nitrogen and oxygen atoms in total. The van der Waals surface area contributed by atoms with Gasteiger partial charge in [-0.05, 0) is 73.6 Å². The maximum atomic E-state index is 13.6. The van der Waals surface area contributed by atoms with E-state index in [0.717, 1.165) is 18.4 Å². The van der Waals surface area contributed by atoms with Crippen LogP contribution in [0.3, 0.4) is 0 Å². The van der Waals surface area contributed by atoms with E-state index in [-0.39, 0.29) is 29.0 Å². The fraction of sp³-hybridized carbons (Fsp3) is 0.321. The number of aromatic nitrogens is 1. The number of nitriles is 1. The summed E-state index contributed by atoms with van der Waals surface area (Å²) in [5.41, 5.74) is 2.71. The summed E-state index contributed by atoms with van der Waals surface area (Å²) in [7, 11) is 0. The molecule has 0 unspecified atom stereocenters. The Morgan fingerprint density at radius 1 is 1.06 bits per heavy atom. The molecule has 0 bridgehead atoms. The van der Waals surface area contributed by atoms with Crippen LogP contribution in [0.4, 0.5) is 20.2 Å². The zero-order valence-corrected chi connectivity index (χ0v) is 20.1. The number of hydrogen-bond donors (Lipinski definition) is 1. The molecule has 2 aromatic carbocycles. The Morgan fingerprint density at radius 3 is 2.42 bits per heavy atom. The second kappa shape index (κ2) is 11.2. The second-order valence-corrected chi connectivity index (χ2v) is 9.10. The molecule has 186 valence electrons. The first-order chi connectivity index (χ1) is 17.4. The standard InChI is InChI=1S/C28H28F2N4O2/c1-19-16-23(30)8-9-25(19)32-26-17-27(35)34(13-3-2-12-31)18-24(26)28(36)33-14-10-21(11-15-33)20-4-6-22(29)7-5-20/h4-9,16-18,21,32H,2-3,10-11,13-15H2,1H3. The number of pyridine rings is 1. The van der Waals surface area contributed by atoms with Gasteiger partial charge in [0.2, 0.25) is 0 Å². The van der Waals surface area contributed by atoms with E-state index >= 15 is 0 Å². The lowest BCUT2D eigenvalue weighted by Crippen LogP contribution is -2.39. The van der Waals surface area contributed by atoms with Crippen molar-refractivity contribution in [3.05, 3.63) is 93.4 Å². The number of rotatable bonds is 7.